The number of anilines is 1. The summed E-state index contributed by atoms with van der Waals surface area (Å²) in [5.74, 6) is 2.83. The molecule has 2 rings (SSSR count). The molecule has 1 N–H and O–H groups in total. The van der Waals surface area contributed by atoms with Crippen LogP contribution >= 0.6 is 23.4 Å². The first-order valence-corrected chi connectivity index (χ1v) is 8.33. The van der Waals surface area contributed by atoms with Crippen molar-refractivity contribution in [2.24, 2.45) is 0 Å². The van der Waals surface area contributed by atoms with Crippen molar-refractivity contribution in [3.8, 4) is 0 Å². The number of thioether (sulfide) groups is 1. The van der Waals surface area contributed by atoms with Crippen LogP contribution < -0.4 is 5.32 Å². The molecule has 0 aliphatic carbocycles. The van der Waals surface area contributed by atoms with Crippen LogP contribution in [0.4, 0.5) is 5.82 Å². The number of nitrogens with one attached hydrogen (secondary N) is 1. The lowest BCUT2D eigenvalue weighted by Gasteiger charge is -2.06. The summed E-state index contributed by atoms with van der Waals surface area (Å²) in [6, 6.07) is 12.2. The Balaban J connectivity index is 1.81. The summed E-state index contributed by atoms with van der Waals surface area (Å²) >= 11 is 7.99. The fourth-order valence-electron chi connectivity index (χ4n) is 1.76. The molecule has 0 bridgehead atoms. The summed E-state index contributed by atoms with van der Waals surface area (Å²) < 4.78 is 0. The van der Waals surface area contributed by atoms with Crippen molar-refractivity contribution in [3.63, 3.8) is 0 Å². The summed E-state index contributed by atoms with van der Waals surface area (Å²) in [4.78, 5) is 4.41. The highest BCUT2D eigenvalue weighted by Gasteiger charge is 2.00. The van der Waals surface area contributed by atoms with Crippen LogP contribution in [0.25, 0.3) is 0 Å². The van der Waals surface area contributed by atoms with Crippen LogP contribution in [0.5, 0.6) is 0 Å². The molecule has 0 saturated heterocycles. The zero-order valence-electron chi connectivity index (χ0n) is 11.6. The highest BCUT2D eigenvalue weighted by Crippen LogP contribution is 2.23. The van der Waals surface area contributed by atoms with Crippen LogP contribution in [0.15, 0.2) is 42.6 Å². The van der Waals surface area contributed by atoms with E-state index in [4.69, 9.17) is 11.6 Å². The molecule has 4 heteroatoms. The van der Waals surface area contributed by atoms with Crippen molar-refractivity contribution < 1.29 is 0 Å². The van der Waals surface area contributed by atoms with Gasteiger partial charge in [0.1, 0.15) is 5.82 Å². The smallest absolute Gasteiger partial charge is 0.125 e. The van der Waals surface area contributed by atoms with E-state index < -0.39 is 0 Å². The largest absolute Gasteiger partial charge is 0.370 e. The molecule has 0 aliphatic rings. The van der Waals surface area contributed by atoms with Crippen LogP contribution in [0.2, 0.25) is 5.02 Å². The first-order valence-electron chi connectivity index (χ1n) is 6.79. The monoisotopic (exact) mass is 306 g/mol. The molecule has 106 valence electrons. The maximum atomic E-state index is 6.14. The Hall–Kier alpha value is -1.19. The van der Waals surface area contributed by atoms with Crippen molar-refractivity contribution in [1.82, 2.24) is 4.98 Å². The number of pyridine rings is 1. The van der Waals surface area contributed by atoms with Gasteiger partial charge in [0.2, 0.25) is 0 Å². The average Bonchev–Trinajstić information content (AvgIpc) is 2.48. The second-order valence-electron chi connectivity index (χ2n) is 4.56. The molecular formula is C16H19ClN2S. The van der Waals surface area contributed by atoms with Gasteiger partial charge in [-0.15, -0.1) is 0 Å². The number of halogens is 1. The zero-order valence-corrected chi connectivity index (χ0v) is 13.2. The third kappa shape index (κ3) is 4.73. The number of rotatable bonds is 7. The number of nitrogens with zero attached hydrogens (tertiary/aromatic N) is 1. The van der Waals surface area contributed by atoms with E-state index in [1.807, 2.05) is 42.2 Å². The van der Waals surface area contributed by atoms with Crippen LogP contribution in [-0.2, 0) is 11.5 Å². The third-order valence-electron chi connectivity index (χ3n) is 2.86. The minimum Gasteiger partial charge on any atom is -0.370 e. The molecule has 0 radical (unpaired) electrons. The molecule has 0 unspecified atom stereocenters. The lowest BCUT2D eigenvalue weighted by atomic mass is 10.2. The van der Waals surface area contributed by atoms with Gasteiger partial charge in [0.15, 0.2) is 0 Å². The standard InChI is InChI=1S/C16H19ClN2S/c1-2-9-18-16-8-7-13(10-19-16)11-20-12-14-5-3-4-6-15(14)17/h3-8,10H,2,9,11-12H2,1H3,(H,18,19). The van der Waals surface area contributed by atoms with Gasteiger partial charge in [-0.1, -0.05) is 42.8 Å². The molecule has 1 heterocycles. The first kappa shape index (κ1) is 15.2. The topological polar surface area (TPSA) is 24.9 Å². The van der Waals surface area contributed by atoms with E-state index in [1.165, 1.54) is 11.1 Å². The highest BCUT2D eigenvalue weighted by molar-refractivity contribution is 7.97. The Morgan fingerprint density at radius 3 is 2.70 bits per heavy atom. The fourth-order valence-corrected chi connectivity index (χ4v) is 3.02. The molecule has 1 aromatic carbocycles. The van der Waals surface area contributed by atoms with E-state index in [-0.39, 0.29) is 0 Å². The van der Waals surface area contributed by atoms with Gasteiger partial charge in [0.25, 0.3) is 0 Å². The van der Waals surface area contributed by atoms with Crippen LogP contribution in [0, 0.1) is 0 Å². The van der Waals surface area contributed by atoms with Gasteiger partial charge in [-0.25, -0.2) is 4.98 Å². The van der Waals surface area contributed by atoms with Gasteiger partial charge in [0, 0.05) is 29.3 Å². The van der Waals surface area contributed by atoms with Gasteiger partial charge in [-0.3, -0.25) is 0 Å². The van der Waals surface area contributed by atoms with Crippen molar-refractivity contribution in [2.45, 2.75) is 24.9 Å². The number of hydrogen-bond donors (Lipinski definition) is 1. The minimum absolute atomic E-state index is 0.845. The summed E-state index contributed by atoms with van der Waals surface area (Å²) in [5.41, 5.74) is 2.43. The van der Waals surface area contributed by atoms with E-state index >= 15 is 0 Å². The van der Waals surface area contributed by atoms with Crippen molar-refractivity contribution in [3.05, 3.63) is 58.7 Å². The summed E-state index contributed by atoms with van der Waals surface area (Å²) in [5, 5.41) is 4.12. The van der Waals surface area contributed by atoms with Crippen molar-refractivity contribution in [1.29, 1.82) is 0 Å². The maximum absolute atomic E-state index is 6.14. The van der Waals surface area contributed by atoms with Gasteiger partial charge >= 0.3 is 0 Å². The second kappa shape index (κ2) is 8.18. The summed E-state index contributed by atoms with van der Waals surface area (Å²) in [7, 11) is 0. The first-order chi connectivity index (χ1) is 9.79. The molecule has 0 saturated carbocycles. The maximum Gasteiger partial charge on any atom is 0.125 e. The lowest BCUT2D eigenvalue weighted by molar-refractivity contribution is 0.968. The molecule has 1 aromatic heterocycles. The fraction of sp³-hybridized carbons (Fsp3) is 0.312. The minimum atomic E-state index is 0.845. The van der Waals surface area contributed by atoms with E-state index in [9.17, 15) is 0 Å². The Bertz CT molecular complexity index is 528. The van der Waals surface area contributed by atoms with Crippen molar-refractivity contribution in [2.75, 3.05) is 11.9 Å². The number of benzene rings is 1. The van der Waals surface area contributed by atoms with E-state index in [1.54, 1.807) is 0 Å². The molecule has 0 atom stereocenters. The lowest BCUT2D eigenvalue weighted by Crippen LogP contribution is -2.01. The molecule has 0 aliphatic heterocycles. The molecule has 2 aromatic rings. The zero-order chi connectivity index (χ0) is 14.2. The number of hydrogen-bond acceptors (Lipinski definition) is 3. The molecule has 0 amide bonds. The third-order valence-corrected chi connectivity index (χ3v) is 4.29. The van der Waals surface area contributed by atoms with Crippen LogP contribution in [0.1, 0.15) is 24.5 Å². The Labute approximate surface area is 130 Å². The molecular weight excluding hydrogens is 288 g/mol. The molecule has 0 fully saturated rings. The predicted octanol–water partition coefficient (Wildman–Crippen LogP) is 4.99. The predicted molar refractivity (Wildman–Crippen MR) is 89.5 cm³/mol. The van der Waals surface area contributed by atoms with E-state index in [0.29, 0.717) is 0 Å². The normalized spacial score (nSPS) is 10.5. The van der Waals surface area contributed by atoms with Crippen LogP contribution in [0.3, 0.4) is 0 Å². The number of aromatic nitrogens is 1. The SMILES string of the molecule is CCCNc1ccc(CSCc2ccccc2Cl)cn1. The summed E-state index contributed by atoms with van der Waals surface area (Å²) in [6.07, 6.45) is 3.05. The van der Waals surface area contributed by atoms with Gasteiger partial charge < -0.3 is 5.32 Å². The van der Waals surface area contributed by atoms with E-state index in [0.717, 1.165) is 35.3 Å². The quantitative estimate of drug-likeness (QED) is 0.780. The Kier molecular flexibility index (Phi) is 6.22. The average molecular weight is 307 g/mol. The van der Waals surface area contributed by atoms with Gasteiger partial charge in [-0.05, 0) is 29.7 Å². The highest BCUT2D eigenvalue weighted by atomic mass is 35.5. The Morgan fingerprint density at radius 2 is 2.00 bits per heavy atom. The molecule has 2 nitrogen and oxygen atoms in total. The van der Waals surface area contributed by atoms with Crippen molar-refractivity contribution >= 4 is 29.2 Å². The molecule has 20 heavy (non-hydrogen) atoms. The van der Waals surface area contributed by atoms with E-state index in [2.05, 4.69) is 29.4 Å². The second-order valence-corrected chi connectivity index (χ2v) is 5.96. The Morgan fingerprint density at radius 1 is 1.15 bits per heavy atom. The van der Waals surface area contributed by atoms with Gasteiger partial charge in [0.05, 0.1) is 0 Å². The summed E-state index contributed by atoms with van der Waals surface area (Å²) in [6.45, 7) is 3.11. The molecule has 0 spiro atoms. The van der Waals surface area contributed by atoms with Gasteiger partial charge in [-0.2, -0.15) is 11.8 Å². The van der Waals surface area contributed by atoms with Crippen LogP contribution in [-0.4, -0.2) is 11.5 Å².